The predicted molar refractivity (Wildman–Crippen MR) is 69.5 cm³/mol. The summed E-state index contributed by atoms with van der Waals surface area (Å²) in [4.78, 5) is 29.8. The molecular formula is C10H14IN3O2. The molecule has 0 aliphatic carbocycles. The minimum Gasteiger partial charge on any atom is -0.309 e. The molecular weight excluding hydrogens is 321 g/mol. The SMILES string of the molecule is O=c1[nH]c(CN2CCCCC2)c(I)c(=O)[nH]1. The normalized spacial score (nSPS) is 17.6. The lowest BCUT2D eigenvalue weighted by Crippen LogP contribution is -2.33. The van der Waals surface area contributed by atoms with Gasteiger partial charge in [-0.05, 0) is 48.5 Å². The van der Waals surface area contributed by atoms with E-state index in [9.17, 15) is 9.59 Å². The molecule has 1 aliphatic heterocycles. The van der Waals surface area contributed by atoms with Crippen LogP contribution in [-0.4, -0.2) is 28.0 Å². The second-order valence-corrected chi connectivity index (χ2v) is 5.12. The van der Waals surface area contributed by atoms with Gasteiger partial charge in [-0.2, -0.15) is 0 Å². The van der Waals surface area contributed by atoms with Crippen molar-refractivity contribution in [3.05, 3.63) is 30.1 Å². The van der Waals surface area contributed by atoms with Crippen LogP contribution >= 0.6 is 22.6 Å². The van der Waals surface area contributed by atoms with E-state index in [0.717, 1.165) is 18.8 Å². The third kappa shape index (κ3) is 2.73. The van der Waals surface area contributed by atoms with Crippen LogP contribution < -0.4 is 11.2 Å². The number of aromatic nitrogens is 2. The molecule has 6 heteroatoms. The molecule has 0 radical (unpaired) electrons. The largest absolute Gasteiger partial charge is 0.325 e. The third-order valence-electron chi connectivity index (χ3n) is 2.79. The van der Waals surface area contributed by atoms with Gasteiger partial charge in [0.2, 0.25) is 0 Å². The zero-order valence-corrected chi connectivity index (χ0v) is 11.0. The Hall–Kier alpha value is -0.630. The van der Waals surface area contributed by atoms with Crippen LogP contribution in [0.5, 0.6) is 0 Å². The molecule has 1 aromatic heterocycles. The van der Waals surface area contributed by atoms with Crippen LogP contribution in [0.25, 0.3) is 0 Å². The van der Waals surface area contributed by atoms with Gasteiger partial charge in [0.15, 0.2) is 0 Å². The summed E-state index contributed by atoms with van der Waals surface area (Å²) in [5.74, 6) is 0. The average molecular weight is 335 g/mol. The van der Waals surface area contributed by atoms with E-state index in [-0.39, 0.29) is 5.56 Å². The van der Waals surface area contributed by atoms with Crippen LogP contribution in [0.4, 0.5) is 0 Å². The fourth-order valence-corrected chi connectivity index (χ4v) is 2.41. The number of aromatic amines is 2. The molecule has 2 heterocycles. The molecule has 1 saturated heterocycles. The highest BCUT2D eigenvalue weighted by atomic mass is 127. The van der Waals surface area contributed by atoms with Crippen molar-refractivity contribution in [2.45, 2.75) is 25.8 Å². The lowest BCUT2D eigenvalue weighted by Gasteiger charge is -2.26. The Kier molecular flexibility index (Phi) is 3.80. The maximum absolute atomic E-state index is 11.4. The first-order valence-electron chi connectivity index (χ1n) is 5.40. The number of H-pyrrole nitrogens is 2. The molecule has 1 aromatic rings. The third-order valence-corrected chi connectivity index (χ3v) is 3.93. The maximum atomic E-state index is 11.4. The van der Waals surface area contributed by atoms with Gasteiger partial charge in [-0.1, -0.05) is 6.42 Å². The summed E-state index contributed by atoms with van der Waals surface area (Å²) in [5.41, 5.74) is 0.0186. The zero-order chi connectivity index (χ0) is 11.5. The number of rotatable bonds is 2. The first-order valence-corrected chi connectivity index (χ1v) is 6.48. The van der Waals surface area contributed by atoms with Crippen LogP contribution in [0.2, 0.25) is 0 Å². The van der Waals surface area contributed by atoms with Crippen LogP contribution in [-0.2, 0) is 6.54 Å². The van der Waals surface area contributed by atoms with Gasteiger partial charge < -0.3 is 4.98 Å². The Morgan fingerprint density at radius 2 is 1.81 bits per heavy atom. The van der Waals surface area contributed by atoms with Crippen molar-refractivity contribution >= 4 is 22.6 Å². The van der Waals surface area contributed by atoms with Crippen molar-refractivity contribution in [2.24, 2.45) is 0 Å². The molecule has 5 nitrogen and oxygen atoms in total. The molecule has 88 valence electrons. The van der Waals surface area contributed by atoms with Crippen molar-refractivity contribution < 1.29 is 0 Å². The molecule has 0 bridgehead atoms. The minimum absolute atomic E-state index is 0.295. The molecule has 16 heavy (non-hydrogen) atoms. The maximum Gasteiger partial charge on any atom is 0.325 e. The van der Waals surface area contributed by atoms with E-state index in [0.29, 0.717) is 10.1 Å². The van der Waals surface area contributed by atoms with Gasteiger partial charge in [0.05, 0.1) is 9.26 Å². The van der Waals surface area contributed by atoms with Crippen LogP contribution in [0.1, 0.15) is 25.0 Å². The summed E-state index contributed by atoms with van der Waals surface area (Å²) in [6.07, 6.45) is 3.67. The molecule has 2 N–H and O–H groups in total. The number of hydrogen-bond donors (Lipinski definition) is 2. The first kappa shape index (κ1) is 11.8. The van der Waals surface area contributed by atoms with Gasteiger partial charge in [0.1, 0.15) is 0 Å². The standard InChI is InChI=1S/C10H14IN3O2/c11-8-7(12-10(16)13-9(8)15)6-14-4-2-1-3-5-14/h1-6H2,(H2,12,13,15,16). The van der Waals surface area contributed by atoms with E-state index in [1.54, 1.807) is 0 Å². The lowest BCUT2D eigenvalue weighted by molar-refractivity contribution is 0.217. The highest BCUT2D eigenvalue weighted by Gasteiger charge is 2.13. The van der Waals surface area contributed by atoms with Gasteiger partial charge in [-0.15, -0.1) is 0 Å². The topological polar surface area (TPSA) is 69.0 Å². The monoisotopic (exact) mass is 335 g/mol. The van der Waals surface area contributed by atoms with E-state index >= 15 is 0 Å². The number of halogens is 1. The minimum atomic E-state index is -0.419. The molecule has 1 aliphatic rings. The van der Waals surface area contributed by atoms with Crippen LogP contribution in [0, 0.1) is 3.57 Å². The van der Waals surface area contributed by atoms with Crippen molar-refractivity contribution in [1.82, 2.24) is 14.9 Å². The fourth-order valence-electron chi connectivity index (χ4n) is 1.97. The van der Waals surface area contributed by atoms with E-state index < -0.39 is 5.69 Å². The number of likely N-dealkylation sites (tertiary alicyclic amines) is 1. The van der Waals surface area contributed by atoms with E-state index in [1.165, 1.54) is 19.3 Å². The first-order chi connectivity index (χ1) is 7.66. The number of hydrogen-bond acceptors (Lipinski definition) is 3. The Bertz CT molecular complexity index is 474. The van der Waals surface area contributed by atoms with E-state index in [1.807, 2.05) is 22.6 Å². The van der Waals surface area contributed by atoms with Gasteiger partial charge in [0.25, 0.3) is 5.56 Å². The van der Waals surface area contributed by atoms with Crippen molar-refractivity contribution in [2.75, 3.05) is 13.1 Å². The smallest absolute Gasteiger partial charge is 0.309 e. The molecule has 0 saturated carbocycles. The molecule has 0 unspecified atom stereocenters. The van der Waals surface area contributed by atoms with Gasteiger partial charge in [0, 0.05) is 6.54 Å². The predicted octanol–water partition coefficient (Wildman–Crippen LogP) is 0.654. The summed E-state index contributed by atoms with van der Waals surface area (Å²) in [5, 5.41) is 0. The van der Waals surface area contributed by atoms with E-state index in [4.69, 9.17) is 0 Å². The zero-order valence-electron chi connectivity index (χ0n) is 8.88. The molecule has 0 atom stereocenters. The highest BCUT2D eigenvalue weighted by molar-refractivity contribution is 14.1. The quantitative estimate of drug-likeness (QED) is 0.780. The summed E-state index contributed by atoms with van der Waals surface area (Å²) in [6, 6.07) is 0. The molecule has 1 fully saturated rings. The van der Waals surface area contributed by atoms with Crippen molar-refractivity contribution in [3.63, 3.8) is 0 Å². The number of nitrogens with one attached hydrogen (secondary N) is 2. The number of piperidine rings is 1. The average Bonchev–Trinajstić information content (AvgIpc) is 2.27. The Labute approximate surface area is 106 Å². The molecule has 0 amide bonds. The fraction of sp³-hybridized carbons (Fsp3) is 0.600. The Morgan fingerprint density at radius 3 is 2.50 bits per heavy atom. The van der Waals surface area contributed by atoms with Crippen LogP contribution in [0.15, 0.2) is 9.59 Å². The summed E-state index contributed by atoms with van der Waals surface area (Å²) >= 11 is 1.98. The summed E-state index contributed by atoms with van der Waals surface area (Å²) in [6.45, 7) is 2.76. The lowest BCUT2D eigenvalue weighted by atomic mass is 10.1. The van der Waals surface area contributed by atoms with Gasteiger partial charge in [-0.3, -0.25) is 14.7 Å². The van der Waals surface area contributed by atoms with Gasteiger partial charge in [-0.25, -0.2) is 4.79 Å². The summed E-state index contributed by atoms with van der Waals surface area (Å²) < 4.78 is 0.586. The van der Waals surface area contributed by atoms with Crippen LogP contribution in [0.3, 0.4) is 0 Å². The van der Waals surface area contributed by atoms with Crippen molar-refractivity contribution in [1.29, 1.82) is 0 Å². The van der Waals surface area contributed by atoms with E-state index in [2.05, 4.69) is 14.9 Å². The van der Waals surface area contributed by atoms with Crippen molar-refractivity contribution in [3.8, 4) is 0 Å². The Balaban J connectivity index is 2.20. The molecule has 2 rings (SSSR count). The Morgan fingerprint density at radius 1 is 1.12 bits per heavy atom. The number of nitrogens with zero attached hydrogens (tertiary/aromatic N) is 1. The molecule has 0 aromatic carbocycles. The second-order valence-electron chi connectivity index (χ2n) is 4.04. The molecule has 0 spiro atoms. The van der Waals surface area contributed by atoms with Gasteiger partial charge >= 0.3 is 5.69 Å². The summed E-state index contributed by atoms with van der Waals surface area (Å²) in [7, 11) is 0. The highest BCUT2D eigenvalue weighted by Crippen LogP contribution is 2.12. The second kappa shape index (κ2) is 5.13.